The van der Waals surface area contributed by atoms with Crippen molar-refractivity contribution >= 4 is 41.2 Å². The summed E-state index contributed by atoms with van der Waals surface area (Å²) >= 11 is 1.31. The van der Waals surface area contributed by atoms with E-state index < -0.39 is 17.7 Å². The number of carbonyl (C=O) groups excluding carboxylic acids is 3. The third-order valence-corrected chi connectivity index (χ3v) is 6.50. The van der Waals surface area contributed by atoms with Crippen LogP contribution in [0.5, 0.6) is 5.75 Å². The summed E-state index contributed by atoms with van der Waals surface area (Å²) in [4.78, 5) is 37.9. The number of benzene rings is 4. The molecule has 0 atom stereocenters. The van der Waals surface area contributed by atoms with Gasteiger partial charge >= 0.3 is 0 Å². The average Bonchev–Trinajstić information content (AvgIpc) is 2.97. The molecule has 0 fully saturated rings. The van der Waals surface area contributed by atoms with Gasteiger partial charge in [0.05, 0.1) is 5.75 Å². The van der Waals surface area contributed by atoms with E-state index in [0.717, 1.165) is 10.5 Å². The van der Waals surface area contributed by atoms with Gasteiger partial charge in [-0.2, -0.15) is 0 Å². The number of anilines is 1. The number of nitrogens with two attached hydrogens (primary N) is 1. The lowest BCUT2D eigenvalue weighted by molar-refractivity contribution is -0.115. The maximum absolute atomic E-state index is 13.2. The van der Waals surface area contributed by atoms with E-state index in [9.17, 15) is 14.4 Å². The molecule has 0 aromatic heterocycles. The minimum absolute atomic E-state index is 0.0778. The summed E-state index contributed by atoms with van der Waals surface area (Å²) in [5, 5.41) is 5.54. The zero-order valence-electron chi connectivity index (χ0n) is 21.0. The molecule has 0 aliphatic rings. The van der Waals surface area contributed by atoms with Crippen molar-refractivity contribution in [2.75, 3.05) is 11.1 Å². The van der Waals surface area contributed by atoms with E-state index in [1.807, 2.05) is 60.7 Å². The van der Waals surface area contributed by atoms with Gasteiger partial charge in [-0.3, -0.25) is 14.4 Å². The molecular formula is C31H27N3O4S. The number of hydrogen-bond acceptors (Lipinski definition) is 5. The van der Waals surface area contributed by atoms with Crippen LogP contribution in [0.15, 0.2) is 120 Å². The minimum atomic E-state index is -0.485. The number of primary amides is 1. The Kier molecular flexibility index (Phi) is 9.52. The fourth-order valence-electron chi connectivity index (χ4n) is 3.50. The van der Waals surface area contributed by atoms with Crippen molar-refractivity contribution < 1.29 is 19.1 Å². The number of rotatable bonds is 11. The Bertz CT molecular complexity index is 1440. The second-order valence-electron chi connectivity index (χ2n) is 8.45. The monoisotopic (exact) mass is 537 g/mol. The first kappa shape index (κ1) is 27.2. The second-order valence-corrected chi connectivity index (χ2v) is 9.50. The first-order chi connectivity index (χ1) is 19.0. The van der Waals surface area contributed by atoms with E-state index in [1.165, 1.54) is 11.8 Å². The molecule has 0 heterocycles. The van der Waals surface area contributed by atoms with Crippen LogP contribution in [-0.4, -0.2) is 23.5 Å². The van der Waals surface area contributed by atoms with Crippen LogP contribution in [0.2, 0.25) is 0 Å². The van der Waals surface area contributed by atoms with E-state index in [1.54, 1.807) is 54.6 Å². The molecule has 0 saturated carbocycles. The fourth-order valence-corrected chi connectivity index (χ4v) is 4.14. The lowest BCUT2D eigenvalue weighted by Crippen LogP contribution is -2.30. The van der Waals surface area contributed by atoms with Crippen molar-refractivity contribution in [2.24, 2.45) is 5.73 Å². The summed E-state index contributed by atoms with van der Waals surface area (Å²) in [6.45, 7) is 0.441. The Labute approximate surface area is 231 Å². The van der Waals surface area contributed by atoms with E-state index in [4.69, 9.17) is 10.5 Å². The summed E-state index contributed by atoms with van der Waals surface area (Å²) in [7, 11) is 0. The number of amides is 3. The van der Waals surface area contributed by atoms with Gasteiger partial charge in [-0.1, -0.05) is 60.7 Å². The first-order valence-corrected chi connectivity index (χ1v) is 13.1. The van der Waals surface area contributed by atoms with Crippen molar-refractivity contribution in [3.05, 3.63) is 132 Å². The smallest absolute Gasteiger partial charge is 0.272 e. The Hall–Kier alpha value is -4.82. The van der Waals surface area contributed by atoms with E-state index in [0.29, 0.717) is 29.2 Å². The Morgan fingerprint density at radius 3 is 2.08 bits per heavy atom. The maximum Gasteiger partial charge on any atom is 0.272 e. The van der Waals surface area contributed by atoms with Crippen molar-refractivity contribution in [3.63, 3.8) is 0 Å². The molecule has 4 aromatic rings. The highest BCUT2D eigenvalue weighted by Crippen LogP contribution is 2.21. The van der Waals surface area contributed by atoms with Gasteiger partial charge in [0.15, 0.2) is 0 Å². The molecule has 8 heteroatoms. The predicted molar refractivity (Wildman–Crippen MR) is 154 cm³/mol. The van der Waals surface area contributed by atoms with Crippen LogP contribution in [-0.2, 0) is 16.2 Å². The topological polar surface area (TPSA) is 111 Å². The van der Waals surface area contributed by atoms with Gasteiger partial charge in [0, 0.05) is 16.1 Å². The van der Waals surface area contributed by atoms with Crippen molar-refractivity contribution in [3.8, 4) is 5.75 Å². The SMILES string of the molecule is NC(=O)CSc1ccc(NC(=O)/C(=C/c2ccc(OCc3ccccc3)cc2)NC(=O)c2ccccc2)cc1. The highest BCUT2D eigenvalue weighted by molar-refractivity contribution is 8.00. The van der Waals surface area contributed by atoms with Crippen LogP contribution in [0.4, 0.5) is 5.69 Å². The van der Waals surface area contributed by atoms with E-state index in [-0.39, 0.29) is 11.4 Å². The lowest BCUT2D eigenvalue weighted by Gasteiger charge is -2.12. The third-order valence-electron chi connectivity index (χ3n) is 5.46. The number of ether oxygens (including phenoxy) is 1. The van der Waals surface area contributed by atoms with Crippen LogP contribution in [0.3, 0.4) is 0 Å². The molecule has 4 aromatic carbocycles. The van der Waals surface area contributed by atoms with Gasteiger partial charge in [0.1, 0.15) is 18.1 Å². The highest BCUT2D eigenvalue weighted by atomic mass is 32.2. The Morgan fingerprint density at radius 2 is 1.44 bits per heavy atom. The van der Waals surface area contributed by atoms with Crippen molar-refractivity contribution in [2.45, 2.75) is 11.5 Å². The number of thioether (sulfide) groups is 1. The number of hydrogen-bond donors (Lipinski definition) is 3. The molecule has 0 saturated heterocycles. The van der Waals surface area contributed by atoms with Crippen LogP contribution >= 0.6 is 11.8 Å². The van der Waals surface area contributed by atoms with Gasteiger partial charge in [0.2, 0.25) is 5.91 Å². The standard InChI is InChI=1S/C31H27N3O4S/c32-29(35)21-39-27-17-13-25(14-18-27)33-31(37)28(34-30(36)24-9-5-2-6-10-24)19-22-11-15-26(16-12-22)38-20-23-7-3-1-4-8-23/h1-19H,20-21H2,(H2,32,35)(H,33,37)(H,34,36)/b28-19-. The average molecular weight is 538 g/mol. The number of nitrogens with one attached hydrogen (secondary N) is 2. The molecule has 0 radical (unpaired) electrons. The molecule has 4 rings (SSSR count). The minimum Gasteiger partial charge on any atom is -0.489 e. The van der Waals surface area contributed by atoms with E-state index in [2.05, 4.69) is 10.6 Å². The largest absolute Gasteiger partial charge is 0.489 e. The number of carbonyl (C=O) groups is 3. The molecule has 0 aliphatic heterocycles. The lowest BCUT2D eigenvalue weighted by atomic mass is 10.1. The van der Waals surface area contributed by atoms with Gasteiger partial charge in [0.25, 0.3) is 11.8 Å². The molecule has 0 aliphatic carbocycles. The third kappa shape index (κ3) is 8.62. The first-order valence-electron chi connectivity index (χ1n) is 12.1. The summed E-state index contributed by atoms with van der Waals surface area (Å²) < 4.78 is 5.84. The zero-order chi connectivity index (χ0) is 27.5. The van der Waals surface area contributed by atoms with Crippen LogP contribution in [0, 0.1) is 0 Å². The maximum atomic E-state index is 13.2. The molecule has 4 N–H and O–H groups in total. The van der Waals surface area contributed by atoms with Crippen LogP contribution in [0.1, 0.15) is 21.5 Å². The van der Waals surface area contributed by atoms with Crippen LogP contribution < -0.4 is 21.1 Å². The van der Waals surface area contributed by atoms with Crippen molar-refractivity contribution in [1.29, 1.82) is 0 Å². The normalized spacial score (nSPS) is 10.9. The zero-order valence-corrected chi connectivity index (χ0v) is 21.8. The van der Waals surface area contributed by atoms with Gasteiger partial charge in [-0.25, -0.2) is 0 Å². The van der Waals surface area contributed by atoms with Crippen LogP contribution in [0.25, 0.3) is 6.08 Å². The van der Waals surface area contributed by atoms with E-state index >= 15 is 0 Å². The fraction of sp³-hybridized carbons (Fsp3) is 0.0645. The Morgan fingerprint density at radius 1 is 0.795 bits per heavy atom. The molecule has 0 spiro atoms. The Balaban J connectivity index is 1.49. The summed E-state index contributed by atoms with van der Waals surface area (Å²) in [6, 6.07) is 32.8. The second kappa shape index (κ2) is 13.6. The molecule has 3 amide bonds. The molecule has 7 nitrogen and oxygen atoms in total. The summed E-state index contributed by atoms with van der Waals surface area (Å²) in [5.74, 6) is -0.443. The highest BCUT2D eigenvalue weighted by Gasteiger charge is 2.15. The molecule has 0 bridgehead atoms. The van der Waals surface area contributed by atoms with Crippen molar-refractivity contribution in [1.82, 2.24) is 5.32 Å². The van der Waals surface area contributed by atoms with Gasteiger partial charge in [-0.15, -0.1) is 11.8 Å². The predicted octanol–water partition coefficient (Wildman–Crippen LogP) is 5.25. The molecular weight excluding hydrogens is 510 g/mol. The quantitative estimate of drug-likeness (QED) is 0.179. The van der Waals surface area contributed by atoms with Gasteiger partial charge < -0.3 is 21.1 Å². The van der Waals surface area contributed by atoms with Gasteiger partial charge in [-0.05, 0) is 65.7 Å². The molecule has 0 unspecified atom stereocenters. The summed E-state index contributed by atoms with van der Waals surface area (Å²) in [5.41, 5.74) is 8.00. The molecule has 39 heavy (non-hydrogen) atoms. The summed E-state index contributed by atoms with van der Waals surface area (Å²) in [6.07, 6.45) is 1.61. The molecule has 196 valence electrons.